The van der Waals surface area contributed by atoms with E-state index in [9.17, 15) is 13.2 Å². The molecule has 140 valence electrons. The fourth-order valence-electron chi connectivity index (χ4n) is 2.60. The molecule has 1 N–H and O–H groups in total. The molecule has 0 saturated heterocycles. The van der Waals surface area contributed by atoms with Gasteiger partial charge in [0, 0.05) is 18.7 Å². The van der Waals surface area contributed by atoms with Gasteiger partial charge in [-0.05, 0) is 43.2 Å². The third kappa shape index (κ3) is 4.76. The number of amides is 1. The highest BCUT2D eigenvalue weighted by atomic mass is 32.2. The number of para-hydroxylation sites is 2. The summed E-state index contributed by atoms with van der Waals surface area (Å²) in [7, 11) is -2.08. The lowest BCUT2D eigenvalue weighted by Crippen LogP contribution is -2.33. The van der Waals surface area contributed by atoms with E-state index in [2.05, 4.69) is 5.32 Å². The van der Waals surface area contributed by atoms with Gasteiger partial charge in [0.25, 0.3) is 0 Å². The summed E-state index contributed by atoms with van der Waals surface area (Å²) in [6, 6.07) is 12.5. The third-order valence-corrected chi connectivity index (χ3v) is 5.35. The van der Waals surface area contributed by atoms with E-state index in [4.69, 9.17) is 4.74 Å². The van der Waals surface area contributed by atoms with E-state index in [1.54, 1.807) is 24.3 Å². The second-order valence-corrected chi connectivity index (χ2v) is 7.96. The van der Waals surface area contributed by atoms with Crippen LogP contribution in [-0.2, 0) is 14.8 Å². The number of rotatable bonds is 7. The number of nitrogens with one attached hydrogen (secondary N) is 1. The zero-order chi connectivity index (χ0) is 19.3. The molecule has 0 aliphatic carbocycles. The molecule has 26 heavy (non-hydrogen) atoms. The fraction of sp³-hybridized carbons (Fsp3) is 0.316. The Balaban J connectivity index is 2.15. The molecule has 2 aromatic carbocycles. The molecule has 0 spiro atoms. The predicted octanol–water partition coefficient (Wildman–Crippen LogP) is 3.11. The molecule has 0 heterocycles. The Hall–Kier alpha value is -2.54. The molecular weight excluding hydrogens is 352 g/mol. The maximum Gasteiger partial charge on any atom is 0.232 e. The van der Waals surface area contributed by atoms with Gasteiger partial charge in [-0.25, -0.2) is 8.42 Å². The SMILES string of the molecule is COc1ccccc1N(CCC(=O)Nc1cccc(C)c1C)S(C)(=O)=O. The molecule has 1 amide bonds. The summed E-state index contributed by atoms with van der Waals surface area (Å²) >= 11 is 0. The quantitative estimate of drug-likeness (QED) is 0.806. The minimum atomic E-state index is -3.56. The number of aryl methyl sites for hydroxylation is 1. The highest BCUT2D eigenvalue weighted by molar-refractivity contribution is 7.92. The Kier molecular flexibility index (Phi) is 6.26. The third-order valence-electron chi connectivity index (χ3n) is 4.17. The zero-order valence-electron chi connectivity index (χ0n) is 15.4. The Morgan fingerprint density at radius 2 is 1.81 bits per heavy atom. The van der Waals surface area contributed by atoms with Gasteiger partial charge in [0.05, 0.1) is 19.1 Å². The Bertz CT molecular complexity index is 894. The van der Waals surface area contributed by atoms with Crippen LogP contribution in [0.25, 0.3) is 0 Å². The second kappa shape index (κ2) is 8.23. The molecule has 0 aliphatic heterocycles. The van der Waals surface area contributed by atoms with E-state index in [0.29, 0.717) is 11.4 Å². The number of carbonyl (C=O) groups is 1. The van der Waals surface area contributed by atoms with Crippen molar-refractivity contribution in [1.82, 2.24) is 0 Å². The molecule has 0 unspecified atom stereocenters. The van der Waals surface area contributed by atoms with Crippen LogP contribution in [0.2, 0.25) is 0 Å². The van der Waals surface area contributed by atoms with Crippen molar-refractivity contribution in [2.24, 2.45) is 0 Å². The first-order valence-corrected chi connectivity index (χ1v) is 10.1. The molecule has 0 fully saturated rings. The molecule has 0 aliphatic rings. The van der Waals surface area contributed by atoms with Gasteiger partial charge in [0.2, 0.25) is 15.9 Å². The van der Waals surface area contributed by atoms with E-state index in [-0.39, 0.29) is 18.9 Å². The number of ether oxygens (including phenoxy) is 1. The molecular formula is C19H24N2O4S. The van der Waals surface area contributed by atoms with Gasteiger partial charge >= 0.3 is 0 Å². The van der Waals surface area contributed by atoms with Crippen molar-refractivity contribution in [1.29, 1.82) is 0 Å². The maximum absolute atomic E-state index is 12.3. The molecule has 0 radical (unpaired) electrons. The van der Waals surface area contributed by atoms with Crippen molar-refractivity contribution in [3.63, 3.8) is 0 Å². The summed E-state index contributed by atoms with van der Waals surface area (Å²) in [6.45, 7) is 3.93. The number of hydrogen-bond donors (Lipinski definition) is 1. The summed E-state index contributed by atoms with van der Waals surface area (Å²) in [4.78, 5) is 12.3. The molecule has 7 heteroatoms. The topological polar surface area (TPSA) is 75.7 Å². The van der Waals surface area contributed by atoms with Gasteiger partial charge in [-0.2, -0.15) is 0 Å². The Morgan fingerprint density at radius 1 is 1.12 bits per heavy atom. The van der Waals surface area contributed by atoms with Gasteiger partial charge in [0.1, 0.15) is 5.75 Å². The molecule has 6 nitrogen and oxygen atoms in total. The van der Waals surface area contributed by atoms with Crippen molar-refractivity contribution in [2.75, 3.05) is 29.5 Å². The highest BCUT2D eigenvalue weighted by Crippen LogP contribution is 2.29. The highest BCUT2D eigenvalue weighted by Gasteiger charge is 2.21. The monoisotopic (exact) mass is 376 g/mol. The van der Waals surface area contributed by atoms with Crippen molar-refractivity contribution in [3.8, 4) is 5.75 Å². The van der Waals surface area contributed by atoms with Crippen LogP contribution in [0, 0.1) is 13.8 Å². The predicted molar refractivity (Wildman–Crippen MR) is 104 cm³/mol. The lowest BCUT2D eigenvalue weighted by atomic mass is 10.1. The number of methoxy groups -OCH3 is 1. The van der Waals surface area contributed by atoms with Crippen LogP contribution in [-0.4, -0.2) is 34.2 Å². The standard InChI is InChI=1S/C19H24N2O4S/c1-14-8-7-9-16(15(14)2)20-19(22)12-13-21(26(4,23)24)17-10-5-6-11-18(17)25-3/h5-11H,12-13H2,1-4H3,(H,20,22). The van der Waals surface area contributed by atoms with Gasteiger partial charge in [-0.3, -0.25) is 9.10 Å². The molecule has 0 bridgehead atoms. The molecule has 0 saturated carbocycles. The normalized spacial score (nSPS) is 11.1. The maximum atomic E-state index is 12.3. The Morgan fingerprint density at radius 3 is 2.46 bits per heavy atom. The van der Waals surface area contributed by atoms with Crippen molar-refractivity contribution >= 4 is 27.3 Å². The number of anilines is 2. The van der Waals surface area contributed by atoms with Gasteiger partial charge in [0.15, 0.2) is 0 Å². The average molecular weight is 376 g/mol. The summed E-state index contributed by atoms with van der Waals surface area (Å²) in [5, 5.41) is 2.85. The summed E-state index contributed by atoms with van der Waals surface area (Å²) in [5.74, 6) is 0.190. The number of sulfonamides is 1. The molecule has 2 rings (SSSR count). The van der Waals surface area contributed by atoms with E-state index in [0.717, 1.165) is 23.1 Å². The van der Waals surface area contributed by atoms with Crippen molar-refractivity contribution in [3.05, 3.63) is 53.6 Å². The summed E-state index contributed by atoms with van der Waals surface area (Å²) in [5.41, 5.74) is 3.22. The lowest BCUT2D eigenvalue weighted by Gasteiger charge is -2.24. The van der Waals surface area contributed by atoms with Crippen LogP contribution >= 0.6 is 0 Å². The fourth-order valence-corrected chi connectivity index (χ4v) is 3.53. The van der Waals surface area contributed by atoms with Gasteiger partial charge in [-0.1, -0.05) is 24.3 Å². The molecule has 0 aromatic heterocycles. The van der Waals surface area contributed by atoms with E-state index >= 15 is 0 Å². The first-order chi connectivity index (χ1) is 12.2. The van der Waals surface area contributed by atoms with E-state index in [1.165, 1.54) is 11.4 Å². The Labute approximate surface area is 154 Å². The smallest absolute Gasteiger partial charge is 0.232 e. The second-order valence-electron chi connectivity index (χ2n) is 6.05. The first-order valence-electron chi connectivity index (χ1n) is 8.21. The number of carbonyl (C=O) groups excluding carboxylic acids is 1. The summed E-state index contributed by atoms with van der Waals surface area (Å²) in [6.07, 6.45) is 1.14. The van der Waals surface area contributed by atoms with Crippen LogP contribution in [0.4, 0.5) is 11.4 Å². The largest absolute Gasteiger partial charge is 0.495 e. The summed E-state index contributed by atoms with van der Waals surface area (Å²) < 4.78 is 30.9. The lowest BCUT2D eigenvalue weighted by molar-refractivity contribution is -0.116. The van der Waals surface area contributed by atoms with Crippen molar-refractivity contribution < 1.29 is 17.9 Å². The number of benzene rings is 2. The average Bonchev–Trinajstić information content (AvgIpc) is 2.58. The van der Waals surface area contributed by atoms with Gasteiger partial charge < -0.3 is 10.1 Å². The van der Waals surface area contributed by atoms with Crippen LogP contribution in [0.15, 0.2) is 42.5 Å². The first kappa shape index (κ1) is 19.8. The number of hydrogen-bond acceptors (Lipinski definition) is 4. The molecule has 0 atom stereocenters. The van der Waals surface area contributed by atoms with Crippen LogP contribution in [0.1, 0.15) is 17.5 Å². The number of nitrogens with zero attached hydrogens (tertiary/aromatic N) is 1. The van der Waals surface area contributed by atoms with Crippen LogP contribution in [0.3, 0.4) is 0 Å². The van der Waals surface area contributed by atoms with Gasteiger partial charge in [-0.15, -0.1) is 0 Å². The van der Waals surface area contributed by atoms with E-state index in [1.807, 2.05) is 32.0 Å². The minimum Gasteiger partial charge on any atom is -0.495 e. The zero-order valence-corrected chi connectivity index (χ0v) is 16.3. The minimum absolute atomic E-state index is 0.0237. The molecule has 2 aromatic rings. The van der Waals surface area contributed by atoms with E-state index < -0.39 is 10.0 Å². The van der Waals surface area contributed by atoms with Crippen molar-refractivity contribution in [2.45, 2.75) is 20.3 Å². The van der Waals surface area contributed by atoms with Crippen LogP contribution < -0.4 is 14.4 Å². The van der Waals surface area contributed by atoms with Crippen LogP contribution in [0.5, 0.6) is 5.75 Å².